The quantitative estimate of drug-likeness (QED) is 0.395. The Bertz CT molecular complexity index is 1170. The predicted molar refractivity (Wildman–Crippen MR) is 136 cm³/mol. The molecule has 1 aromatic carbocycles. The van der Waals surface area contributed by atoms with Gasteiger partial charge in [0.2, 0.25) is 5.91 Å². The highest BCUT2D eigenvalue weighted by molar-refractivity contribution is 8.16. The number of carbonyl (C=O) groups is 4. The summed E-state index contributed by atoms with van der Waals surface area (Å²) in [6.07, 6.45) is 3.11. The molecule has 4 atom stereocenters. The number of esters is 1. The summed E-state index contributed by atoms with van der Waals surface area (Å²) < 4.78 is 10.8. The molecule has 3 unspecified atom stereocenters. The van der Waals surface area contributed by atoms with E-state index in [4.69, 9.17) is 14.6 Å². The summed E-state index contributed by atoms with van der Waals surface area (Å²) in [7, 11) is 0. The van der Waals surface area contributed by atoms with E-state index in [1.165, 1.54) is 0 Å². The maximum Gasteiger partial charge on any atom is 0.306 e. The van der Waals surface area contributed by atoms with Crippen LogP contribution in [-0.2, 0) is 32.0 Å². The number of imide groups is 1. The van der Waals surface area contributed by atoms with Gasteiger partial charge in [0.1, 0.15) is 16.6 Å². The lowest BCUT2D eigenvalue weighted by atomic mass is 9.98. The molecule has 0 bridgehead atoms. The van der Waals surface area contributed by atoms with Gasteiger partial charge in [-0.05, 0) is 67.3 Å². The average Bonchev–Trinajstić information content (AvgIpc) is 3.56. The van der Waals surface area contributed by atoms with E-state index in [1.807, 2.05) is 42.6 Å². The van der Waals surface area contributed by atoms with Crippen molar-refractivity contribution in [3.63, 3.8) is 0 Å². The van der Waals surface area contributed by atoms with Crippen molar-refractivity contribution in [1.29, 1.82) is 0 Å². The average molecular weight is 527 g/mol. The first-order valence-corrected chi connectivity index (χ1v) is 13.1. The fourth-order valence-corrected chi connectivity index (χ4v) is 5.31. The number of hydrogen-bond donors (Lipinski definition) is 2. The first-order valence-electron chi connectivity index (χ1n) is 12.3. The van der Waals surface area contributed by atoms with Gasteiger partial charge in [0.25, 0.3) is 5.24 Å². The number of hydrogen-bond acceptors (Lipinski definition) is 8. The number of aliphatic carboxylic acids is 1. The summed E-state index contributed by atoms with van der Waals surface area (Å²) in [5, 5.41) is 10.8. The van der Waals surface area contributed by atoms with Crippen LogP contribution in [0.1, 0.15) is 55.8 Å². The third-order valence-corrected chi connectivity index (χ3v) is 7.73. The summed E-state index contributed by atoms with van der Waals surface area (Å²) >= 11 is 1.01. The van der Waals surface area contributed by atoms with Crippen molar-refractivity contribution in [2.24, 2.45) is 5.92 Å². The monoisotopic (exact) mass is 526 g/mol. The standard InChI is InChI=1S/C27H30N2O7S/c1-3-16-6-9-21(28-14-16)20(19-12-22(19)36-24(32)11-10-23(30)31)15-35-18-7-4-17(5-8-18)13-27(2)25(33)29-26(34)37-27/h4-9,14,19-20,22H,3,10-13,15H2,1-2H3,(H,30,31)(H,29,33,34)/t19?,20-,22?,27?/m0/s1. The summed E-state index contributed by atoms with van der Waals surface area (Å²) in [5.41, 5.74) is 2.89. The van der Waals surface area contributed by atoms with Crippen molar-refractivity contribution in [2.75, 3.05) is 6.61 Å². The molecule has 1 aliphatic carbocycles. The zero-order valence-corrected chi connectivity index (χ0v) is 21.6. The normalized spacial score (nSPS) is 23.3. The van der Waals surface area contributed by atoms with Gasteiger partial charge < -0.3 is 14.6 Å². The lowest BCUT2D eigenvalue weighted by molar-refractivity contribution is -0.149. The van der Waals surface area contributed by atoms with Crippen LogP contribution < -0.4 is 10.1 Å². The predicted octanol–water partition coefficient (Wildman–Crippen LogP) is 3.89. The zero-order valence-electron chi connectivity index (χ0n) is 20.8. The van der Waals surface area contributed by atoms with E-state index in [-0.39, 0.29) is 41.9 Å². The van der Waals surface area contributed by atoms with E-state index in [1.54, 1.807) is 6.92 Å². The lowest BCUT2D eigenvalue weighted by Crippen LogP contribution is -2.35. The van der Waals surface area contributed by atoms with Crippen molar-refractivity contribution in [1.82, 2.24) is 10.3 Å². The van der Waals surface area contributed by atoms with E-state index in [2.05, 4.69) is 17.2 Å². The van der Waals surface area contributed by atoms with Crippen LogP contribution >= 0.6 is 11.8 Å². The van der Waals surface area contributed by atoms with Gasteiger partial charge in [-0.15, -0.1) is 0 Å². The van der Waals surface area contributed by atoms with Gasteiger partial charge in [0.05, 0.1) is 19.4 Å². The highest BCUT2D eigenvalue weighted by Crippen LogP contribution is 2.45. The number of pyridine rings is 1. The molecule has 37 heavy (non-hydrogen) atoms. The van der Waals surface area contributed by atoms with Gasteiger partial charge in [-0.1, -0.05) is 25.1 Å². The number of ether oxygens (including phenoxy) is 2. The number of carboxylic acids is 1. The summed E-state index contributed by atoms with van der Waals surface area (Å²) in [6.45, 7) is 4.14. The first-order chi connectivity index (χ1) is 17.7. The van der Waals surface area contributed by atoms with Crippen LogP contribution in [0.4, 0.5) is 4.79 Å². The number of aryl methyl sites for hydroxylation is 1. The number of carboxylic acid groups (broad SMARTS) is 1. The third kappa shape index (κ3) is 6.88. The molecule has 2 aliphatic rings. The molecule has 1 saturated heterocycles. The molecule has 196 valence electrons. The van der Waals surface area contributed by atoms with E-state index in [0.29, 0.717) is 25.2 Å². The van der Waals surface area contributed by atoms with Gasteiger partial charge >= 0.3 is 11.9 Å². The molecule has 9 nitrogen and oxygen atoms in total. The number of amides is 2. The Morgan fingerprint density at radius 1 is 1.16 bits per heavy atom. The van der Waals surface area contributed by atoms with Crippen molar-refractivity contribution in [2.45, 2.75) is 62.7 Å². The Kier molecular flexibility index (Phi) is 8.16. The van der Waals surface area contributed by atoms with Gasteiger partial charge in [0.15, 0.2) is 0 Å². The van der Waals surface area contributed by atoms with Gasteiger partial charge in [-0.2, -0.15) is 0 Å². The number of thioether (sulfide) groups is 1. The zero-order chi connectivity index (χ0) is 26.6. The van der Waals surface area contributed by atoms with Crippen LogP contribution in [0.15, 0.2) is 42.6 Å². The molecular weight excluding hydrogens is 496 g/mol. The third-order valence-electron chi connectivity index (χ3n) is 6.67. The van der Waals surface area contributed by atoms with Gasteiger partial charge in [-0.3, -0.25) is 29.5 Å². The summed E-state index contributed by atoms with van der Waals surface area (Å²) in [6, 6.07) is 11.4. The fourth-order valence-electron chi connectivity index (χ4n) is 4.37. The Morgan fingerprint density at radius 3 is 2.49 bits per heavy atom. The molecule has 0 radical (unpaired) electrons. The van der Waals surface area contributed by atoms with Crippen molar-refractivity contribution < 1.29 is 33.8 Å². The van der Waals surface area contributed by atoms with Crippen molar-refractivity contribution in [3.8, 4) is 5.75 Å². The van der Waals surface area contributed by atoms with E-state index < -0.39 is 16.7 Å². The van der Waals surface area contributed by atoms with Gasteiger partial charge in [-0.25, -0.2) is 0 Å². The molecule has 2 aromatic rings. The number of aromatic nitrogens is 1. The molecule has 1 aliphatic heterocycles. The number of rotatable bonds is 12. The minimum Gasteiger partial charge on any atom is -0.493 e. The van der Waals surface area contributed by atoms with Crippen molar-refractivity contribution in [3.05, 3.63) is 59.4 Å². The molecule has 1 aromatic heterocycles. The molecule has 1 saturated carbocycles. The SMILES string of the molecule is CCc1ccc([C@@H](COc2ccc(CC3(C)SC(=O)NC3=O)cc2)C2CC2OC(=O)CCC(=O)O)nc1. The Hall–Kier alpha value is -3.40. The number of carbonyl (C=O) groups excluding carboxylic acids is 3. The van der Waals surface area contributed by atoms with E-state index >= 15 is 0 Å². The lowest BCUT2D eigenvalue weighted by Gasteiger charge is -2.19. The minimum absolute atomic E-state index is 0.0309. The van der Waals surface area contributed by atoms with E-state index in [9.17, 15) is 19.2 Å². The first kappa shape index (κ1) is 26.7. The topological polar surface area (TPSA) is 132 Å². The molecule has 0 spiro atoms. The Labute approximate surface area is 219 Å². The number of nitrogens with zero attached hydrogens (tertiary/aromatic N) is 1. The second-order valence-corrected chi connectivity index (χ2v) is 11.1. The van der Waals surface area contributed by atoms with Crippen LogP contribution in [0.25, 0.3) is 0 Å². The van der Waals surface area contributed by atoms with Crippen molar-refractivity contribution >= 4 is 34.8 Å². The molecule has 4 rings (SSSR count). The van der Waals surface area contributed by atoms with Gasteiger partial charge in [0, 0.05) is 23.7 Å². The smallest absolute Gasteiger partial charge is 0.306 e. The molecule has 2 heterocycles. The number of nitrogens with one attached hydrogen (secondary N) is 1. The number of benzene rings is 1. The summed E-state index contributed by atoms with van der Waals surface area (Å²) in [5.74, 6) is -1.25. The second-order valence-electron chi connectivity index (χ2n) is 9.58. The molecule has 2 fully saturated rings. The van der Waals surface area contributed by atoms with Crippen LogP contribution in [0, 0.1) is 5.92 Å². The van der Waals surface area contributed by atoms with Crippen LogP contribution in [0.2, 0.25) is 0 Å². The minimum atomic E-state index is -1.03. The Balaban J connectivity index is 1.39. The Morgan fingerprint density at radius 2 is 1.89 bits per heavy atom. The molecule has 10 heteroatoms. The molecular formula is C27H30N2O7S. The van der Waals surface area contributed by atoms with Crippen LogP contribution in [0.3, 0.4) is 0 Å². The fraction of sp³-hybridized carbons (Fsp3) is 0.444. The van der Waals surface area contributed by atoms with Crippen LogP contribution in [0.5, 0.6) is 5.75 Å². The van der Waals surface area contributed by atoms with E-state index in [0.717, 1.165) is 35.0 Å². The largest absolute Gasteiger partial charge is 0.493 e. The summed E-state index contributed by atoms with van der Waals surface area (Å²) in [4.78, 5) is 51.0. The van der Waals surface area contributed by atoms with Crippen LogP contribution in [-0.4, -0.2) is 50.6 Å². The molecule has 2 amide bonds. The maximum atomic E-state index is 12.1. The highest BCUT2D eigenvalue weighted by Gasteiger charge is 2.47. The molecule has 2 N–H and O–H groups in total. The maximum absolute atomic E-state index is 12.1. The second kappa shape index (κ2) is 11.3. The highest BCUT2D eigenvalue weighted by atomic mass is 32.2.